The second-order valence-corrected chi connectivity index (χ2v) is 7.03. The lowest BCUT2D eigenvalue weighted by Gasteiger charge is -2.40. The summed E-state index contributed by atoms with van der Waals surface area (Å²) in [6.07, 6.45) is -2.41. The molecule has 3 N–H and O–H groups in total. The van der Waals surface area contributed by atoms with Crippen LogP contribution in [0.5, 0.6) is 11.5 Å². The van der Waals surface area contributed by atoms with Crippen LogP contribution in [-0.2, 0) is 7.05 Å². The molecule has 0 radical (unpaired) electrons. The van der Waals surface area contributed by atoms with E-state index < -0.39 is 17.8 Å². The van der Waals surface area contributed by atoms with Crippen LogP contribution in [0.15, 0.2) is 35.1 Å². The lowest BCUT2D eigenvalue weighted by Crippen LogP contribution is -2.49. The molecule has 2 aromatic carbocycles. The van der Waals surface area contributed by atoms with E-state index in [2.05, 4.69) is 0 Å². The van der Waals surface area contributed by atoms with Crippen molar-refractivity contribution in [2.24, 2.45) is 7.05 Å². The standard InChI is InChI=1S/C19H19NO5/c1-19(2)18(24)17(23)14-12(25-19)8-11(21)13-15(14)20(3)10-7-5-4-6-9(10)16(13)22/h4-8,17-18,21,23-24H,1-3H3/t17-,18-/m1/s1. The Kier molecular flexibility index (Phi) is 3.17. The second kappa shape index (κ2) is 4.97. The van der Waals surface area contributed by atoms with Crippen molar-refractivity contribution >= 4 is 21.8 Å². The quantitative estimate of drug-likeness (QED) is 0.544. The van der Waals surface area contributed by atoms with Gasteiger partial charge in [0.05, 0.1) is 22.0 Å². The van der Waals surface area contributed by atoms with Gasteiger partial charge < -0.3 is 24.6 Å². The third kappa shape index (κ3) is 2.01. The third-order valence-corrected chi connectivity index (χ3v) is 5.03. The predicted octanol–water partition coefficient (Wildman–Crippen LogP) is 1.96. The summed E-state index contributed by atoms with van der Waals surface area (Å²) in [6, 6.07) is 8.40. The molecule has 0 amide bonds. The smallest absolute Gasteiger partial charge is 0.200 e. The van der Waals surface area contributed by atoms with Gasteiger partial charge in [-0.1, -0.05) is 12.1 Å². The number of phenols is 1. The Morgan fingerprint density at radius 1 is 1.20 bits per heavy atom. The third-order valence-electron chi connectivity index (χ3n) is 5.03. The van der Waals surface area contributed by atoms with Gasteiger partial charge in [0.15, 0.2) is 0 Å². The highest BCUT2D eigenvalue weighted by molar-refractivity contribution is 5.99. The first-order chi connectivity index (χ1) is 11.7. The van der Waals surface area contributed by atoms with Crippen molar-refractivity contribution in [3.05, 3.63) is 46.1 Å². The number of aliphatic hydroxyl groups is 2. The zero-order valence-electron chi connectivity index (χ0n) is 14.1. The maximum Gasteiger partial charge on any atom is 0.200 e. The summed E-state index contributed by atoms with van der Waals surface area (Å²) in [4.78, 5) is 12.9. The van der Waals surface area contributed by atoms with E-state index in [9.17, 15) is 20.1 Å². The Morgan fingerprint density at radius 3 is 2.60 bits per heavy atom. The molecular weight excluding hydrogens is 322 g/mol. The maximum atomic E-state index is 12.9. The van der Waals surface area contributed by atoms with Crippen LogP contribution in [0.4, 0.5) is 0 Å². The highest BCUT2D eigenvalue weighted by Crippen LogP contribution is 2.45. The number of nitrogens with zero attached hydrogens (tertiary/aromatic N) is 1. The summed E-state index contributed by atoms with van der Waals surface area (Å²) in [5, 5.41) is 32.2. The van der Waals surface area contributed by atoms with Crippen molar-refractivity contribution in [3.8, 4) is 11.5 Å². The minimum atomic E-state index is -1.24. The number of aromatic hydroxyl groups is 1. The summed E-state index contributed by atoms with van der Waals surface area (Å²) in [5.74, 6) is 0.0533. The second-order valence-electron chi connectivity index (χ2n) is 7.03. The van der Waals surface area contributed by atoms with Crippen molar-refractivity contribution in [2.45, 2.75) is 31.7 Å². The van der Waals surface area contributed by atoms with Gasteiger partial charge in [0, 0.05) is 18.5 Å². The van der Waals surface area contributed by atoms with E-state index in [1.165, 1.54) is 6.07 Å². The van der Waals surface area contributed by atoms with Gasteiger partial charge in [0.25, 0.3) is 0 Å². The van der Waals surface area contributed by atoms with Crippen LogP contribution in [0, 0.1) is 0 Å². The van der Waals surface area contributed by atoms with Crippen LogP contribution in [-0.4, -0.2) is 31.6 Å². The van der Waals surface area contributed by atoms with Gasteiger partial charge in [-0.05, 0) is 26.0 Å². The van der Waals surface area contributed by atoms with E-state index in [1.807, 2.05) is 6.07 Å². The first-order valence-electron chi connectivity index (χ1n) is 8.06. The molecule has 1 aromatic heterocycles. The van der Waals surface area contributed by atoms with Gasteiger partial charge in [0.1, 0.15) is 29.3 Å². The van der Waals surface area contributed by atoms with Crippen molar-refractivity contribution < 1.29 is 20.1 Å². The van der Waals surface area contributed by atoms with Crippen LogP contribution in [0.2, 0.25) is 0 Å². The maximum absolute atomic E-state index is 12.9. The number of benzene rings is 2. The van der Waals surface area contributed by atoms with E-state index in [0.717, 1.165) is 0 Å². The monoisotopic (exact) mass is 341 g/mol. The highest BCUT2D eigenvalue weighted by Gasteiger charge is 2.44. The average molecular weight is 341 g/mol. The molecule has 0 saturated heterocycles. The van der Waals surface area contributed by atoms with Gasteiger partial charge in [-0.25, -0.2) is 0 Å². The normalized spacial score (nSPS) is 22.0. The summed E-state index contributed by atoms with van der Waals surface area (Å²) < 4.78 is 7.55. The minimum Gasteiger partial charge on any atom is -0.507 e. The molecule has 3 aromatic rings. The molecule has 0 spiro atoms. The molecule has 0 unspecified atom stereocenters. The topological polar surface area (TPSA) is 91.9 Å². The van der Waals surface area contributed by atoms with Crippen LogP contribution in [0.25, 0.3) is 21.8 Å². The number of aromatic nitrogens is 1. The first kappa shape index (κ1) is 15.9. The Hall–Kier alpha value is -2.57. The number of aryl methyl sites for hydroxylation is 1. The van der Waals surface area contributed by atoms with Crippen LogP contribution in [0.3, 0.4) is 0 Å². The van der Waals surface area contributed by atoms with Gasteiger partial charge in [-0.2, -0.15) is 0 Å². The predicted molar refractivity (Wildman–Crippen MR) is 94.0 cm³/mol. The molecule has 1 aliphatic rings. The molecule has 2 atom stereocenters. The number of rotatable bonds is 0. The molecule has 0 aliphatic carbocycles. The fourth-order valence-electron chi connectivity index (χ4n) is 3.68. The molecule has 4 rings (SSSR count). The first-order valence-corrected chi connectivity index (χ1v) is 8.06. The molecule has 2 heterocycles. The van der Waals surface area contributed by atoms with Crippen LogP contribution in [0.1, 0.15) is 25.5 Å². The van der Waals surface area contributed by atoms with Crippen molar-refractivity contribution in [3.63, 3.8) is 0 Å². The number of hydrogen-bond acceptors (Lipinski definition) is 5. The van der Waals surface area contributed by atoms with Gasteiger partial charge in [-0.3, -0.25) is 4.79 Å². The molecular formula is C19H19NO5. The average Bonchev–Trinajstić information content (AvgIpc) is 2.56. The van der Waals surface area contributed by atoms with Gasteiger partial charge in [-0.15, -0.1) is 0 Å². The molecule has 130 valence electrons. The summed E-state index contributed by atoms with van der Waals surface area (Å²) in [6.45, 7) is 3.31. The molecule has 1 aliphatic heterocycles. The van der Waals surface area contributed by atoms with E-state index >= 15 is 0 Å². The van der Waals surface area contributed by atoms with Gasteiger partial charge in [0.2, 0.25) is 5.43 Å². The lowest BCUT2D eigenvalue weighted by atomic mass is 9.87. The van der Waals surface area contributed by atoms with E-state index in [1.54, 1.807) is 43.7 Å². The molecule has 25 heavy (non-hydrogen) atoms. The number of ether oxygens (including phenoxy) is 1. The number of aliphatic hydroxyl groups excluding tert-OH is 2. The summed E-state index contributed by atoms with van der Waals surface area (Å²) in [7, 11) is 1.75. The molecule has 6 nitrogen and oxygen atoms in total. The van der Waals surface area contributed by atoms with Gasteiger partial charge >= 0.3 is 0 Å². The zero-order valence-corrected chi connectivity index (χ0v) is 14.1. The Bertz CT molecular complexity index is 1080. The molecule has 6 heteroatoms. The van der Waals surface area contributed by atoms with E-state index in [4.69, 9.17) is 4.74 Å². The van der Waals surface area contributed by atoms with Crippen LogP contribution >= 0.6 is 0 Å². The largest absolute Gasteiger partial charge is 0.507 e. The fourth-order valence-corrected chi connectivity index (χ4v) is 3.68. The molecule has 0 bridgehead atoms. The number of phenolic OH excluding ortho intramolecular Hbond substituents is 1. The van der Waals surface area contributed by atoms with Crippen molar-refractivity contribution in [1.29, 1.82) is 0 Å². The number of pyridine rings is 1. The Balaban J connectivity index is 2.24. The Morgan fingerprint density at radius 2 is 1.88 bits per heavy atom. The Labute approximate surface area is 143 Å². The number of para-hydroxylation sites is 1. The van der Waals surface area contributed by atoms with Crippen LogP contribution < -0.4 is 10.2 Å². The molecule has 0 saturated carbocycles. The number of fused-ring (bicyclic) bond motifs is 4. The molecule has 0 fully saturated rings. The SMILES string of the molecule is Cn1c2ccccc2c(=O)c2c(O)cc3c(c21)[C@@H](O)[C@@H](O)C(C)(C)O3. The lowest BCUT2D eigenvalue weighted by molar-refractivity contribution is -0.111. The van der Waals surface area contributed by atoms with Crippen molar-refractivity contribution in [2.75, 3.05) is 0 Å². The highest BCUT2D eigenvalue weighted by atomic mass is 16.5. The number of hydrogen-bond donors (Lipinski definition) is 3. The van der Waals surface area contributed by atoms with Crippen molar-refractivity contribution in [1.82, 2.24) is 4.57 Å². The van der Waals surface area contributed by atoms with E-state index in [-0.39, 0.29) is 22.3 Å². The zero-order chi connectivity index (χ0) is 18.1. The minimum absolute atomic E-state index is 0.106. The van der Waals surface area contributed by atoms with E-state index in [0.29, 0.717) is 22.0 Å². The fraction of sp³-hybridized carbons (Fsp3) is 0.316. The summed E-state index contributed by atoms with van der Waals surface area (Å²) >= 11 is 0. The summed E-state index contributed by atoms with van der Waals surface area (Å²) in [5.41, 5.74) is -0.0111.